The summed E-state index contributed by atoms with van der Waals surface area (Å²) in [6.45, 7) is 5.87. The van der Waals surface area contributed by atoms with Crippen molar-refractivity contribution in [1.82, 2.24) is 9.88 Å². The molecule has 90 valence electrons. The van der Waals surface area contributed by atoms with Crippen molar-refractivity contribution >= 4 is 11.3 Å². The fourth-order valence-corrected chi connectivity index (χ4v) is 3.23. The molecule has 0 saturated carbocycles. The van der Waals surface area contributed by atoms with Gasteiger partial charge in [-0.1, -0.05) is 0 Å². The van der Waals surface area contributed by atoms with E-state index in [2.05, 4.69) is 16.9 Å². The first-order valence-corrected chi connectivity index (χ1v) is 6.71. The lowest BCUT2D eigenvalue weighted by atomic mass is 9.99. The Morgan fingerprint density at radius 3 is 2.88 bits per heavy atom. The van der Waals surface area contributed by atoms with Gasteiger partial charge in [-0.3, -0.25) is 0 Å². The van der Waals surface area contributed by atoms with E-state index in [0.717, 1.165) is 12.2 Å². The second-order valence-electron chi connectivity index (χ2n) is 5.23. The number of aromatic nitrogens is 1. The summed E-state index contributed by atoms with van der Waals surface area (Å²) < 4.78 is 0. The fourth-order valence-electron chi connectivity index (χ4n) is 2.12. The molecular weight excluding hydrogens is 220 g/mol. The number of rotatable bonds is 2. The Morgan fingerprint density at radius 1 is 1.56 bits per heavy atom. The smallest absolute Gasteiger partial charge is 0.102 e. The number of likely N-dealkylation sites (tertiary alicyclic amines) is 1. The summed E-state index contributed by atoms with van der Waals surface area (Å²) in [5, 5.41) is 13.1. The van der Waals surface area contributed by atoms with Gasteiger partial charge < -0.3 is 10.0 Å². The summed E-state index contributed by atoms with van der Waals surface area (Å²) in [7, 11) is 2.16. The van der Waals surface area contributed by atoms with Crippen LogP contribution in [0.2, 0.25) is 0 Å². The van der Waals surface area contributed by atoms with Crippen molar-refractivity contribution in [2.45, 2.75) is 38.2 Å². The number of piperidine rings is 1. The van der Waals surface area contributed by atoms with Gasteiger partial charge in [0, 0.05) is 17.8 Å². The third kappa shape index (κ3) is 2.62. The summed E-state index contributed by atoms with van der Waals surface area (Å²) >= 11 is 1.69. The molecule has 3 nitrogen and oxygen atoms in total. The molecule has 2 heterocycles. The molecule has 0 aromatic carbocycles. The van der Waals surface area contributed by atoms with Crippen molar-refractivity contribution < 1.29 is 5.11 Å². The Morgan fingerprint density at radius 2 is 2.31 bits per heavy atom. The zero-order chi connectivity index (χ0) is 11.8. The SMILES string of the molecule is CN1CCCC(c2nc(C(C)(C)O)cs2)C1. The highest BCUT2D eigenvalue weighted by atomic mass is 32.1. The van der Waals surface area contributed by atoms with Crippen LogP contribution in [0.4, 0.5) is 0 Å². The Labute approximate surface area is 101 Å². The predicted molar refractivity (Wildman–Crippen MR) is 66.8 cm³/mol. The van der Waals surface area contributed by atoms with Crippen LogP contribution in [-0.2, 0) is 5.60 Å². The standard InChI is InChI=1S/C12H20N2OS/c1-12(2,15)10-8-16-11(13-10)9-5-4-6-14(3)7-9/h8-9,15H,4-7H2,1-3H3. The zero-order valence-corrected chi connectivity index (χ0v) is 11.0. The average molecular weight is 240 g/mol. The molecule has 0 spiro atoms. The van der Waals surface area contributed by atoms with Gasteiger partial charge >= 0.3 is 0 Å². The van der Waals surface area contributed by atoms with E-state index in [1.807, 2.05) is 5.38 Å². The maximum Gasteiger partial charge on any atom is 0.102 e. The van der Waals surface area contributed by atoms with E-state index in [1.54, 1.807) is 25.2 Å². The van der Waals surface area contributed by atoms with Gasteiger partial charge in [0.05, 0.1) is 10.7 Å². The fraction of sp³-hybridized carbons (Fsp3) is 0.750. The number of hydrogen-bond donors (Lipinski definition) is 1. The summed E-state index contributed by atoms with van der Waals surface area (Å²) in [4.78, 5) is 6.94. The maximum absolute atomic E-state index is 9.89. The van der Waals surface area contributed by atoms with Crippen molar-refractivity contribution in [2.24, 2.45) is 0 Å². The van der Waals surface area contributed by atoms with Crippen molar-refractivity contribution in [3.05, 3.63) is 16.1 Å². The zero-order valence-electron chi connectivity index (χ0n) is 10.2. The Bertz CT molecular complexity index is 356. The largest absolute Gasteiger partial charge is 0.384 e. The first-order chi connectivity index (χ1) is 7.47. The molecule has 0 amide bonds. The monoisotopic (exact) mass is 240 g/mol. The van der Waals surface area contributed by atoms with Gasteiger partial charge in [0.15, 0.2) is 0 Å². The van der Waals surface area contributed by atoms with E-state index >= 15 is 0 Å². The van der Waals surface area contributed by atoms with Gasteiger partial charge in [-0.05, 0) is 40.3 Å². The summed E-state index contributed by atoms with van der Waals surface area (Å²) in [5.74, 6) is 0.555. The number of aliphatic hydroxyl groups is 1. The lowest BCUT2D eigenvalue weighted by Crippen LogP contribution is -2.30. The summed E-state index contributed by atoms with van der Waals surface area (Å²) in [5.41, 5.74) is -0.00397. The normalized spacial score (nSPS) is 23.6. The molecular formula is C12H20N2OS. The minimum absolute atomic E-state index is 0.555. The second-order valence-corrected chi connectivity index (χ2v) is 6.12. The molecule has 1 atom stereocenters. The van der Waals surface area contributed by atoms with Crippen LogP contribution < -0.4 is 0 Å². The van der Waals surface area contributed by atoms with E-state index < -0.39 is 5.60 Å². The van der Waals surface area contributed by atoms with Gasteiger partial charge in [-0.25, -0.2) is 4.98 Å². The maximum atomic E-state index is 9.89. The number of thiazole rings is 1. The quantitative estimate of drug-likeness (QED) is 0.861. The van der Waals surface area contributed by atoms with Gasteiger partial charge in [0.25, 0.3) is 0 Å². The van der Waals surface area contributed by atoms with Crippen molar-refractivity contribution in [3.63, 3.8) is 0 Å². The molecule has 1 aromatic rings. The van der Waals surface area contributed by atoms with Crippen molar-refractivity contribution in [1.29, 1.82) is 0 Å². The predicted octanol–water partition coefficient (Wildman–Crippen LogP) is 2.18. The highest BCUT2D eigenvalue weighted by Crippen LogP contribution is 2.31. The van der Waals surface area contributed by atoms with E-state index in [-0.39, 0.29) is 0 Å². The Balaban J connectivity index is 2.12. The topological polar surface area (TPSA) is 36.4 Å². The van der Waals surface area contributed by atoms with Crippen LogP contribution in [-0.4, -0.2) is 35.1 Å². The first kappa shape index (κ1) is 12.0. The van der Waals surface area contributed by atoms with Gasteiger partial charge in [-0.15, -0.1) is 11.3 Å². The minimum Gasteiger partial charge on any atom is -0.384 e. The molecule has 1 N–H and O–H groups in total. The first-order valence-electron chi connectivity index (χ1n) is 5.83. The molecule has 1 unspecified atom stereocenters. The number of hydrogen-bond acceptors (Lipinski definition) is 4. The molecule has 4 heteroatoms. The van der Waals surface area contributed by atoms with Crippen LogP contribution in [0.15, 0.2) is 5.38 Å². The molecule has 0 aliphatic carbocycles. The summed E-state index contributed by atoms with van der Waals surface area (Å²) in [6, 6.07) is 0. The van der Waals surface area contributed by atoms with Gasteiger partial charge in [0.2, 0.25) is 0 Å². The third-order valence-electron chi connectivity index (χ3n) is 3.12. The molecule has 1 aliphatic heterocycles. The van der Waals surface area contributed by atoms with Crippen LogP contribution in [0.5, 0.6) is 0 Å². The molecule has 2 rings (SSSR count). The molecule has 0 radical (unpaired) electrons. The second kappa shape index (κ2) is 4.43. The van der Waals surface area contributed by atoms with Crippen molar-refractivity contribution in [3.8, 4) is 0 Å². The van der Waals surface area contributed by atoms with Crippen LogP contribution in [0, 0.1) is 0 Å². The van der Waals surface area contributed by atoms with Crippen molar-refractivity contribution in [2.75, 3.05) is 20.1 Å². The molecule has 1 aliphatic rings. The molecule has 0 bridgehead atoms. The highest BCUT2D eigenvalue weighted by Gasteiger charge is 2.25. The van der Waals surface area contributed by atoms with E-state index in [9.17, 15) is 5.11 Å². The highest BCUT2D eigenvalue weighted by molar-refractivity contribution is 7.09. The van der Waals surface area contributed by atoms with E-state index in [4.69, 9.17) is 0 Å². The number of nitrogens with zero attached hydrogens (tertiary/aromatic N) is 2. The van der Waals surface area contributed by atoms with E-state index in [1.165, 1.54) is 24.4 Å². The van der Waals surface area contributed by atoms with Crippen LogP contribution in [0.1, 0.15) is 43.3 Å². The summed E-state index contributed by atoms with van der Waals surface area (Å²) in [6.07, 6.45) is 2.47. The average Bonchev–Trinajstić information content (AvgIpc) is 2.65. The van der Waals surface area contributed by atoms with Crippen LogP contribution in [0.25, 0.3) is 0 Å². The molecule has 1 saturated heterocycles. The van der Waals surface area contributed by atoms with Crippen LogP contribution >= 0.6 is 11.3 Å². The third-order valence-corrected chi connectivity index (χ3v) is 4.13. The lowest BCUT2D eigenvalue weighted by molar-refractivity contribution is 0.0742. The molecule has 1 aromatic heterocycles. The minimum atomic E-state index is -0.810. The lowest BCUT2D eigenvalue weighted by Gasteiger charge is -2.28. The number of likely N-dealkylation sites (N-methyl/N-ethyl adjacent to an activating group) is 1. The van der Waals surface area contributed by atoms with E-state index in [0.29, 0.717) is 5.92 Å². The van der Waals surface area contributed by atoms with Gasteiger partial charge in [0.1, 0.15) is 5.60 Å². The Hall–Kier alpha value is -0.450. The van der Waals surface area contributed by atoms with Crippen LogP contribution in [0.3, 0.4) is 0 Å². The Kier molecular flexibility index (Phi) is 3.33. The van der Waals surface area contributed by atoms with Gasteiger partial charge in [-0.2, -0.15) is 0 Å². The molecule has 1 fully saturated rings. The molecule has 16 heavy (non-hydrogen) atoms.